The van der Waals surface area contributed by atoms with Crippen LogP contribution in [0.15, 0.2) is 48.7 Å². The van der Waals surface area contributed by atoms with Gasteiger partial charge in [-0.15, -0.1) is 0 Å². The lowest BCUT2D eigenvalue weighted by Gasteiger charge is -2.10. The smallest absolute Gasteiger partial charge is 0.416 e. The van der Waals surface area contributed by atoms with Crippen LogP contribution in [0.2, 0.25) is 0 Å². The average molecular weight is 309 g/mol. The first-order chi connectivity index (χ1) is 10.4. The van der Waals surface area contributed by atoms with Crippen molar-refractivity contribution in [1.82, 2.24) is 4.98 Å². The van der Waals surface area contributed by atoms with Crippen molar-refractivity contribution < 1.29 is 22.3 Å². The topological polar surface area (TPSA) is 25.0 Å². The number of halogens is 4. The summed E-state index contributed by atoms with van der Waals surface area (Å²) < 4.78 is 57.1. The number of hydrogen-bond acceptors (Lipinski definition) is 1. The van der Waals surface area contributed by atoms with E-state index in [2.05, 4.69) is 4.98 Å². The molecule has 0 atom stereocenters. The van der Waals surface area contributed by atoms with Gasteiger partial charge >= 0.3 is 6.18 Å². The number of aromatic amines is 1. The Kier molecular flexibility index (Phi) is 3.52. The van der Waals surface area contributed by atoms with Crippen LogP contribution in [0.25, 0.3) is 10.9 Å². The number of benzene rings is 2. The van der Waals surface area contributed by atoms with E-state index in [4.69, 9.17) is 4.74 Å². The summed E-state index contributed by atoms with van der Waals surface area (Å²) >= 11 is 0. The third kappa shape index (κ3) is 2.77. The highest BCUT2D eigenvalue weighted by molar-refractivity contribution is 5.83. The second-order valence-electron chi connectivity index (χ2n) is 4.79. The molecule has 22 heavy (non-hydrogen) atoms. The molecule has 0 saturated heterocycles. The Labute approximate surface area is 123 Å². The van der Waals surface area contributed by atoms with Gasteiger partial charge in [0.25, 0.3) is 0 Å². The fourth-order valence-electron chi connectivity index (χ4n) is 2.24. The molecule has 114 valence electrons. The molecule has 0 aliphatic heterocycles. The molecule has 0 saturated carbocycles. The highest BCUT2D eigenvalue weighted by atomic mass is 19.4. The van der Waals surface area contributed by atoms with Gasteiger partial charge in [-0.05, 0) is 30.3 Å². The van der Waals surface area contributed by atoms with E-state index < -0.39 is 17.6 Å². The zero-order chi connectivity index (χ0) is 15.7. The summed E-state index contributed by atoms with van der Waals surface area (Å²) in [6.45, 7) is -0.0256. The summed E-state index contributed by atoms with van der Waals surface area (Å²) in [7, 11) is 0. The van der Waals surface area contributed by atoms with Gasteiger partial charge in [0, 0.05) is 22.7 Å². The fraction of sp³-hybridized carbons (Fsp3) is 0.125. The van der Waals surface area contributed by atoms with Crippen LogP contribution >= 0.6 is 0 Å². The monoisotopic (exact) mass is 309 g/mol. The number of ether oxygens (including phenoxy) is 1. The highest BCUT2D eigenvalue weighted by Gasteiger charge is 2.30. The summed E-state index contributed by atoms with van der Waals surface area (Å²) in [6.07, 6.45) is -2.84. The summed E-state index contributed by atoms with van der Waals surface area (Å²) in [5.41, 5.74) is 0.378. The van der Waals surface area contributed by atoms with Crippen molar-refractivity contribution in [2.75, 3.05) is 0 Å². The minimum Gasteiger partial charge on any atom is -0.489 e. The lowest BCUT2D eigenvalue weighted by atomic mass is 10.1. The van der Waals surface area contributed by atoms with Crippen molar-refractivity contribution in [2.24, 2.45) is 0 Å². The summed E-state index contributed by atoms with van der Waals surface area (Å²) in [5, 5.41) is 0.384. The lowest BCUT2D eigenvalue weighted by molar-refractivity contribution is -0.137. The Hall–Kier alpha value is -2.50. The van der Waals surface area contributed by atoms with Crippen molar-refractivity contribution in [2.45, 2.75) is 12.8 Å². The zero-order valence-electron chi connectivity index (χ0n) is 11.2. The third-order valence-electron chi connectivity index (χ3n) is 3.29. The van der Waals surface area contributed by atoms with Crippen LogP contribution in [0.1, 0.15) is 11.1 Å². The van der Waals surface area contributed by atoms with E-state index in [0.717, 1.165) is 12.1 Å². The Morgan fingerprint density at radius 2 is 1.82 bits per heavy atom. The number of alkyl halides is 3. The van der Waals surface area contributed by atoms with Crippen molar-refractivity contribution in [3.8, 4) is 5.75 Å². The number of rotatable bonds is 3. The lowest BCUT2D eigenvalue weighted by Crippen LogP contribution is -2.05. The summed E-state index contributed by atoms with van der Waals surface area (Å²) in [5.74, 6) is -0.318. The molecule has 2 aromatic carbocycles. The van der Waals surface area contributed by atoms with E-state index in [1.165, 1.54) is 18.2 Å². The van der Waals surface area contributed by atoms with Crippen LogP contribution in [0.5, 0.6) is 5.75 Å². The van der Waals surface area contributed by atoms with Gasteiger partial charge in [0.15, 0.2) is 0 Å². The molecule has 3 aromatic rings. The summed E-state index contributed by atoms with van der Waals surface area (Å²) in [4.78, 5) is 2.90. The van der Waals surface area contributed by atoms with Gasteiger partial charge in [0.05, 0.1) is 5.56 Å². The maximum Gasteiger partial charge on any atom is 0.416 e. The second kappa shape index (κ2) is 5.36. The molecule has 0 bridgehead atoms. The molecule has 0 spiro atoms. The highest BCUT2D eigenvalue weighted by Crippen LogP contribution is 2.31. The molecule has 0 amide bonds. The van der Waals surface area contributed by atoms with Crippen molar-refractivity contribution >= 4 is 10.9 Å². The molecule has 3 rings (SSSR count). The first kappa shape index (κ1) is 14.4. The molecule has 0 aliphatic carbocycles. The van der Waals surface area contributed by atoms with Crippen LogP contribution < -0.4 is 4.74 Å². The molecule has 0 unspecified atom stereocenters. The molecule has 1 aromatic heterocycles. The number of fused-ring (bicyclic) bond motifs is 1. The van der Waals surface area contributed by atoms with Gasteiger partial charge in [0.1, 0.15) is 18.2 Å². The first-order valence-corrected chi connectivity index (χ1v) is 6.50. The van der Waals surface area contributed by atoms with Crippen molar-refractivity contribution in [3.63, 3.8) is 0 Å². The quantitative estimate of drug-likeness (QED) is 0.684. The fourth-order valence-corrected chi connectivity index (χ4v) is 2.24. The minimum absolute atomic E-state index is 0.0256. The Morgan fingerprint density at radius 1 is 1.05 bits per heavy atom. The molecule has 1 heterocycles. The maximum atomic E-state index is 13.8. The molecule has 6 heteroatoms. The van der Waals surface area contributed by atoms with Gasteiger partial charge in [-0.25, -0.2) is 4.39 Å². The van der Waals surface area contributed by atoms with Crippen molar-refractivity contribution in [1.29, 1.82) is 0 Å². The molecule has 0 fully saturated rings. The van der Waals surface area contributed by atoms with Gasteiger partial charge < -0.3 is 9.72 Å². The van der Waals surface area contributed by atoms with Crippen LogP contribution in [0, 0.1) is 5.82 Å². The van der Waals surface area contributed by atoms with Crippen LogP contribution in [0.3, 0.4) is 0 Å². The average Bonchev–Trinajstić information content (AvgIpc) is 2.89. The Balaban J connectivity index is 1.83. The van der Waals surface area contributed by atoms with E-state index in [9.17, 15) is 17.6 Å². The molecular weight excluding hydrogens is 298 g/mol. The van der Waals surface area contributed by atoms with Crippen LogP contribution in [0.4, 0.5) is 17.6 Å². The maximum absolute atomic E-state index is 13.8. The van der Waals surface area contributed by atoms with E-state index >= 15 is 0 Å². The third-order valence-corrected chi connectivity index (χ3v) is 3.29. The predicted molar refractivity (Wildman–Crippen MR) is 74.0 cm³/mol. The Morgan fingerprint density at radius 3 is 2.59 bits per heavy atom. The number of nitrogens with one attached hydrogen (secondary N) is 1. The zero-order valence-corrected chi connectivity index (χ0v) is 11.2. The van der Waals surface area contributed by atoms with Gasteiger partial charge in [-0.3, -0.25) is 0 Å². The second-order valence-corrected chi connectivity index (χ2v) is 4.79. The van der Waals surface area contributed by atoms with Gasteiger partial charge in [0.2, 0.25) is 0 Å². The normalized spacial score (nSPS) is 11.8. The number of H-pyrrole nitrogens is 1. The molecule has 0 radical (unpaired) electrons. The molecular formula is C16H11F4NO. The number of aromatic nitrogens is 1. The number of hydrogen-bond donors (Lipinski definition) is 1. The van der Waals surface area contributed by atoms with E-state index in [1.54, 1.807) is 18.3 Å². The van der Waals surface area contributed by atoms with E-state index in [-0.39, 0.29) is 12.4 Å². The van der Waals surface area contributed by atoms with Crippen LogP contribution in [-0.2, 0) is 12.8 Å². The molecule has 0 aliphatic rings. The minimum atomic E-state index is -4.42. The van der Waals surface area contributed by atoms with E-state index in [0.29, 0.717) is 16.5 Å². The SMILES string of the molecule is Fc1cccc2[nH]cc(COc3cccc(C(F)(F)F)c3)c12. The standard InChI is InChI=1S/C16H11F4NO/c17-13-5-2-6-14-15(13)10(8-21-14)9-22-12-4-1-3-11(7-12)16(18,19)20/h1-8,21H,9H2. The summed E-state index contributed by atoms with van der Waals surface area (Å²) in [6, 6.07) is 9.21. The van der Waals surface area contributed by atoms with Crippen molar-refractivity contribution in [3.05, 3.63) is 65.6 Å². The Bertz CT molecular complexity index is 807. The van der Waals surface area contributed by atoms with Gasteiger partial charge in [-0.1, -0.05) is 12.1 Å². The largest absolute Gasteiger partial charge is 0.489 e. The first-order valence-electron chi connectivity index (χ1n) is 6.50. The van der Waals surface area contributed by atoms with Crippen LogP contribution in [-0.4, -0.2) is 4.98 Å². The van der Waals surface area contributed by atoms with Gasteiger partial charge in [-0.2, -0.15) is 13.2 Å². The molecule has 2 nitrogen and oxygen atoms in total. The molecule has 1 N–H and O–H groups in total. The predicted octanol–water partition coefficient (Wildman–Crippen LogP) is 4.90. The van der Waals surface area contributed by atoms with E-state index in [1.807, 2.05) is 0 Å².